The number of aliphatic carboxylic acids is 1. The van der Waals surface area contributed by atoms with Crippen LogP contribution in [0.2, 0.25) is 0 Å². The molecule has 0 aromatic heterocycles. The first kappa shape index (κ1) is 14.0. The average molecular weight is 339 g/mol. The maximum atomic E-state index is 13.4. The molecule has 1 spiro atoms. The maximum absolute atomic E-state index is 13.4. The quantitative estimate of drug-likeness (QED) is 0.785. The molecule has 0 saturated carbocycles. The molecule has 5 heterocycles. The summed E-state index contributed by atoms with van der Waals surface area (Å²) in [5, 5.41) is 9.70. The molecule has 1 aromatic carbocycles. The molecule has 6 rings (SSSR count). The van der Waals surface area contributed by atoms with Crippen molar-refractivity contribution >= 4 is 17.6 Å². The number of para-hydroxylation sites is 1. The molecule has 3 fully saturated rings. The minimum atomic E-state index is -0.957. The minimum absolute atomic E-state index is 0.0571. The molecule has 128 valence electrons. The van der Waals surface area contributed by atoms with Gasteiger partial charge in [0.15, 0.2) is 0 Å². The van der Waals surface area contributed by atoms with Gasteiger partial charge in [-0.1, -0.05) is 30.4 Å². The van der Waals surface area contributed by atoms with Gasteiger partial charge in [-0.2, -0.15) is 0 Å². The zero-order chi connectivity index (χ0) is 16.9. The highest BCUT2D eigenvalue weighted by atomic mass is 16.5. The van der Waals surface area contributed by atoms with Crippen molar-refractivity contribution in [3.63, 3.8) is 0 Å². The summed E-state index contributed by atoms with van der Waals surface area (Å²) in [7, 11) is 0. The first-order valence-electron chi connectivity index (χ1n) is 8.77. The van der Waals surface area contributed by atoms with E-state index in [1.807, 2.05) is 41.3 Å². The van der Waals surface area contributed by atoms with Gasteiger partial charge < -0.3 is 19.5 Å². The predicted octanol–water partition coefficient (Wildman–Crippen LogP) is 1.52. The van der Waals surface area contributed by atoms with Gasteiger partial charge in [-0.3, -0.25) is 9.59 Å². The van der Waals surface area contributed by atoms with Gasteiger partial charge in [0.05, 0.1) is 24.2 Å². The highest BCUT2D eigenvalue weighted by Crippen LogP contribution is 2.62. The number of ether oxygens (including phenoxy) is 2. The Morgan fingerprint density at radius 1 is 1.32 bits per heavy atom. The first-order chi connectivity index (χ1) is 12.1. The van der Waals surface area contributed by atoms with Crippen LogP contribution in [0.3, 0.4) is 0 Å². The SMILES string of the molecule is O=C(O)[C@H]1[C@H]2C=C[C@]3(O2)[C@H]1C(=O)N1c2ccccc2[C@@H]2OCC[C@H]2[C@@H]13. The van der Waals surface area contributed by atoms with E-state index in [-0.39, 0.29) is 24.0 Å². The summed E-state index contributed by atoms with van der Waals surface area (Å²) >= 11 is 0. The normalized spacial score (nSPS) is 45.3. The van der Waals surface area contributed by atoms with Gasteiger partial charge in [-0.15, -0.1) is 0 Å². The van der Waals surface area contributed by atoms with Crippen LogP contribution in [-0.2, 0) is 19.1 Å². The van der Waals surface area contributed by atoms with Crippen molar-refractivity contribution in [3.8, 4) is 0 Å². The van der Waals surface area contributed by atoms with Gasteiger partial charge in [-0.25, -0.2) is 0 Å². The van der Waals surface area contributed by atoms with Crippen LogP contribution in [0.4, 0.5) is 5.69 Å². The van der Waals surface area contributed by atoms with Crippen molar-refractivity contribution in [3.05, 3.63) is 42.0 Å². The molecule has 0 radical (unpaired) electrons. The fraction of sp³-hybridized carbons (Fsp3) is 0.474. The third-order valence-electron chi connectivity index (χ3n) is 6.66. The lowest BCUT2D eigenvalue weighted by Crippen LogP contribution is -2.53. The topological polar surface area (TPSA) is 76.1 Å². The van der Waals surface area contributed by atoms with Crippen molar-refractivity contribution in [1.29, 1.82) is 0 Å². The number of anilines is 1. The maximum Gasteiger partial charge on any atom is 0.310 e. The number of rotatable bonds is 1. The minimum Gasteiger partial charge on any atom is -0.481 e. The van der Waals surface area contributed by atoms with E-state index in [9.17, 15) is 14.7 Å². The second kappa shape index (κ2) is 4.31. The van der Waals surface area contributed by atoms with Crippen LogP contribution in [-0.4, -0.2) is 41.3 Å². The lowest BCUT2D eigenvalue weighted by Gasteiger charge is -2.43. The molecule has 6 nitrogen and oxygen atoms in total. The van der Waals surface area contributed by atoms with Crippen LogP contribution in [0.15, 0.2) is 36.4 Å². The number of fused-ring (bicyclic) bond motifs is 7. The number of carbonyl (C=O) groups is 2. The summed E-state index contributed by atoms with van der Waals surface area (Å²) in [5.41, 5.74) is 1.03. The summed E-state index contributed by atoms with van der Waals surface area (Å²) in [4.78, 5) is 27.0. The van der Waals surface area contributed by atoms with Gasteiger partial charge in [-0.05, 0) is 12.5 Å². The predicted molar refractivity (Wildman–Crippen MR) is 85.9 cm³/mol. The van der Waals surface area contributed by atoms with E-state index in [1.54, 1.807) is 0 Å². The number of nitrogens with zero attached hydrogens (tertiary/aromatic N) is 1. The fourth-order valence-electron chi connectivity index (χ4n) is 5.86. The van der Waals surface area contributed by atoms with Crippen LogP contribution >= 0.6 is 0 Å². The average Bonchev–Trinajstić information content (AvgIpc) is 3.35. The number of amides is 1. The van der Waals surface area contributed by atoms with Crippen molar-refractivity contribution in [2.45, 2.75) is 30.3 Å². The summed E-state index contributed by atoms with van der Waals surface area (Å²) in [6.45, 7) is 0.651. The summed E-state index contributed by atoms with van der Waals surface area (Å²) in [6.07, 6.45) is 4.07. The number of carbonyl (C=O) groups excluding carboxylic acids is 1. The Morgan fingerprint density at radius 2 is 2.16 bits per heavy atom. The summed E-state index contributed by atoms with van der Waals surface area (Å²) < 4.78 is 12.2. The monoisotopic (exact) mass is 339 g/mol. The molecular weight excluding hydrogens is 322 g/mol. The van der Waals surface area contributed by atoms with E-state index in [2.05, 4.69) is 0 Å². The summed E-state index contributed by atoms with van der Waals surface area (Å²) in [6, 6.07) is 7.61. The van der Waals surface area contributed by atoms with E-state index in [1.165, 1.54) is 0 Å². The highest BCUT2D eigenvalue weighted by Gasteiger charge is 2.74. The molecule has 0 aliphatic carbocycles. The van der Waals surface area contributed by atoms with E-state index in [4.69, 9.17) is 9.47 Å². The Hall–Kier alpha value is -2.18. The van der Waals surface area contributed by atoms with Crippen molar-refractivity contribution in [2.24, 2.45) is 17.8 Å². The van der Waals surface area contributed by atoms with Gasteiger partial charge in [0.1, 0.15) is 11.5 Å². The zero-order valence-corrected chi connectivity index (χ0v) is 13.4. The third kappa shape index (κ3) is 1.42. The number of carboxylic acids is 1. The molecule has 7 atom stereocenters. The van der Waals surface area contributed by atoms with E-state index in [0.29, 0.717) is 6.61 Å². The Morgan fingerprint density at radius 3 is 3.00 bits per heavy atom. The first-order valence-corrected chi connectivity index (χ1v) is 8.77. The second-order valence-corrected chi connectivity index (χ2v) is 7.59. The molecule has 5 aliphatic heterocycles. The Bertz CT molecular complexity index is 850. The standard InChI is InChI=1S/C19H17NO5/c21-17-14-13(18(22)23)12-5-7-19(14,25-12)16-10-6-8-24-15(10)9-3-1-2-4-11(9)20(16)17/h1-5,7,10,12-16H,6,8H2,(H,22,23)/t10-,12-,13+,14-,15+,16-,19+/m1/s1. The smallest absolute Gasteiger partial charge is 0.310 e. The molecule has 1 N–H and O–H groups in total. The van der Waals surface area contributed by atoms with Crippen LogP contribution in [0, 0.1) is 17.8 Å². The van der Waals surface area contributed by atoms with Gasteiger partial charge in [0.2, 0.25) is 5.91 Å². The molecule has 25 heavy (non-hydrogen) atoms. The molecule has 2 bridgehead atoms. The van der Waals surface area contributed by atoms with E-state index < -0.39 is 29.5 Å². The largest absolute Gasteiger partial charge is 0.481 e. The Kier molecular flexibility index (Phi) is 2.42. The van der Waals surface area contributed by atoms with E-state index in [0.717, 1.165) is 17.7 Å². The lowest BCUT2D eigenvalue weighted by atomic mass is 9.70. The van der Waals surface area contributed by atoms with Crippen LogP contribution in [0.25, 0.3) is 0 Å². The Balaban J connectivity index is 1.59. The third-order valence-corrected chi connectivity index (χ3v) is 6.66. The van der Waals surface area contributed by atoms with Crippen LogP contribution < -0.4 is 4.90 Å². The zero-order valence-electron chi connectivity index (χ0n) is 13.4. The fourth-order valence-corrected chi connectivity index (χ4v) is 5.86. The number of benzene rings is 1. The van der Waals surface area contributed by atoms with Gasteiger partial charge in [0, 0.05) is 23.8 Å². The molecular formula is C19H17NO5. The van der Waals surface area contributed by atoms with Gasteiger partial charge in [0.25, 0.3) is 0 Å². The number of hydrogen-bond donors (Lipinski definition) is 1. The van der Waals surface area contributed by atoms with Crippen molar-refractivity contribution in [1.82, 2.24) is 0 Å². The molecule has 3 saturated heterocycles. The Labute approximate surface area is 144 Å². The molecule has 5 aliphatic rings. The second-order valence-electron chi connectivity index (χ2n) is 7.59. The number of hydrogen-bond acceptors (Lipinski definition) is 4. The van der Waals surface area contributed by atoms with Gasteiger partial charge >= 0.3 is 5.97 Å². The molecule has 6 heteroatoms. The lowest BCUT2D eigenvalue weighted by molar-refractivity contribution is -0.146. The number of carboxylic acid groups (broad SMARTS) is 1. The highest BCUT2D eigenvalue weighted by molar-refractivity contribution is 6.04. The van der Waals surface area contributed by atoms with Crippen molar-refractivity contribution < 1.29 is 24.2 Å². The van der Waals surface area contributed by atoms with E-state index >= 15 is 0 Å². The molecule has 1 aromatic rings. The van der Waals surface area contributed by atoms with Crippen molar-refractivity contribution in [2.75, 3.05) is 11.5 Å². The molecule has 1 amide bonds. The van der Waals surface area contributed by atoms with Crippen LogP contribution in [0.1, 0.15) is 18.1 Å². The van der Waals surface area contributed by atoms with Crippen LogP contribution in [0.5, 0.6) is 0 Å². The summed E-state index contributed by atoms with van der Waals surface area (Å²) in [5.74, 6) is -2.42. The molecule has 0 unspecified atom stereocenters.